The summed E-state index contributed by atoms with van der Waals surface area (Å²) in [5.74, 6) is -1.77. The van der Waals surface area contributed by atoms with Gasteiger partial charge in [0.1, 0.15) is 0 Å². The summed E-state index contributed by atoms with van der Waals surface area (Å²) in [5.41, 5.74) is 1.53. The Hall–Kier alpha value is -1.78. The minimum atomic E-state index is -0.950. The predicted octanol–water partition coefficient (Wildman–Crippen LogP) is 3.28. The molecular formula is C14H14Cl2O4. The van der Waals surface area contributed by atoms with Gasteiger partial charge in [-0.05, 0) is 24.1 Å². The number of aliphatic carboxylic acids is 1. The molecule has 1 aromatic rings. The Kier molecular flexibility index (Phi) is 7.04. The number of carbonyl (C=O) groups is 2. The number of halogens is 2. The van der Waals surface area contributed by atoms with Gasteiger partial charge in [0, 0.05) is 5.92 Å². The van der Waals surface area contributed by atoms with Crippen LogP contribution >= 0.6 is 24.8 Å². The summed E-state index contributed by atoms with van der Waals surface area (Å²) in [6.45, 7) is 0. The Morgan fingerprint density at radius 1 is 1.00 bits per heavy atom. The molecule has 2 rings (SSSR count). The van der Waals surface area contributed by atoms with E-state index in [2.05, 4.69) is 0 Å². The number of hydrogen-bond donors (Lipinski definition) is 2. The standard InChI is InChI=1S/C14H12O4.2ClH/c15-13(16)11-5-1-9(2-6-11)10-3-7-12(8-4-10)14(17)18;;/h1-3,5-8,10H,4H2,(H,15,16)(H,17,18);2*1H. The van der Waals surface area contributed by atoms with Crippen LogP contribution in [0.2, 0.25) is 0 Å². The highest BCUT2D eigenvalue weighted by molar-refractivity contribution is 5.90. The SMILES string of the molecule is Cl.Cl.O=C(O)C1=CCC(c2ccc(C(=O)O)cc2)C=C1. The van der Waals surface area contributed by atoms with Crippen molar-refractivity contribution in [1.82, 2.24) is 0 Å². The van der Waals surface area contributed by atoms with E-state index in [4.69, 9.17) is 10.2 Å². The highest BCUT2D eigenvalue weighted by Gasteiger charge is 2.14. The lowest BCUT2D eigenvalue weighted by Gasteiger charge is -2.15. The molecule has 108 valence electrons. The first-order chi connectivity index (χ1) is 8.58. The zero-order valence-corrected chi connectivity index (χ0v) is 12.0. The van der Waals surface area contributed by atoms with E-state index in [1.165, 1.54) is 0 Å². The molecule has 20 heavy (non-hydrogen) atoms. The van der Waals surface area contributed by atoms with E-state index < -0.39 is 11.9 Å². The molecule has 4 nitrogen and oxygen atoms in total. The summed E-state index contributed by atoms with van der Waals surface area (Å²) < 4.78 is 0. The third-order valence-electron chi connectivity index (χ3n) is 2.93. The molecule has 6 heteroatoms. The van der Waals surface area contributed by atoms with E-state index in [9.17, 15) is 9.59 Å². The van der Waals surface area contributed by atoms with Crippen LogP contribution in [0.5, 0.6) is 0 Å². The average molecular weight is 317 g/mol. The van der Waals surface area contributed by atoms with Crippen LogP contribution < -0.4 is 0 Å². The lowest BCUT2D eigenvalue weighted by molar-refractivity contribution is -0.132. The van der Waals surface area contributed by atoms with Gasteiger partial charge in [-0.3, -0.25) is 0 Å². The van der Waals surface area contributed by atoms with Crippen LogP contribution in [-0.2, 0) is 4.79 Å². The number of carboxylic acids is 2. The monoisotopic (exact) mass is 316 g/mol. The van der Waals surface area contributed by atoms with Gasteiger partial charge >= 0.3 is 11.9 Å². The van der Waals surface area contributed by atoms with E-state index in [0.29, 0.717) is 12.0 Å². The van der Waals surface area contributed by atoms with Gasteiger partial charge in [0.25, 0.3) is 0 Å². The quantitative estimate of drug-likeness (QED) is 0.897. The first kappa shape index (κ1) is 18.2. The highest BCUT2D eigenvalue weighted by atomic mass is 35.5. The molecule has 0 radical (unpaired) electrons. The number of aromatic carboxylic acids is 1. The Bertz CT molecular complexity index is 547. The third kappa shape index (κ3) is 4.11. The Morgan fingerprint density at radius 3 is 2.00 bits per heavy atom. The van der Waals surface area contributed by atoms with E-state index in [0.717, 1.165) is 5.56 Å². The number of rotatable bonds is 3. The van der Waals surface area contributed by atoms with Crippen molar-refractivity contribution in [2.45, 2.75) is 12.3 Å². The Labute approximate surface area is 128 Å². The van der Waals surface area contributed by atoms with E-state index >= 15 is 0 Å². The molecule has 1 atom stereocenters. The zero-order valence-electron chi connectivity index (χ0n) is 10.4. The van der Waals surface area contributed by atoms with E-state index in [1.54, 1.807) is 36.4 Å². The molecule has 0 saturated carbocycles. The summed E-state index contributed by atoms with van der Waals surface area (Å²) in [6, 6.07) is 6.64. The summed E-state index contributed by atoms with van der Waals surface area (Å²) in [4.78, 5) is 21.5. The minimum Gasteiger partial charge on any atom is -0.478 e. The second-order valence-electron chi connectivity index (χ2n) is 4.09. The van der Waals surface area contributed by atoms with Crippen LogP contribution in [-0.4, -0.2) is 22.2 Å². The van der Waals surface area contributed by atoms with Crippen molar-refractivity contribution in [1.29, 1.82) is 0 Å². The molecule has 1 aliphatic rings. The van der Waals surface area contributed by atoms with Crippen LogP contribution in [0.1, 0.15) is 28.3 Å². The van der Waals surface area contributed by atoms with Crippen molar-refractivity contribution in [2.75, 3.05) is 0 Å². The Morgan fingerprint density at radius 2 is 1.60 bits per heavy atom. The maximum atomic E-state index is 10.7. The molecule has 0 bridgehead atoms. The van der Waals surface area contributed by atoms with Gasteiger partial charge in [0.2, 0.25) is 0 Å². The first-order valence-electron chi connectivity index (χ1n) is 5.53. The van der Waals surface area contributed by atoms with Crippen molar-refractivity contribution < 1.29 is 19.8 Å². The highest BCUT2D eigenvalue weighted by Crippen LogP contribution is 2.27. The largest absolute Gasteiger partial charge is 0.478 e. The molecule has 0 heterocycles. The number of benzene rings is 1. The van der Waals surface area contributed by atoms with Crippen LogP contribution in [0.25, 0.3) is 0 Å². The van der Waals surface area contributed by atoms with Gasteiger partial charge in [-0.25, -0.2) is 9.59 Å². The van der Waals surface area contributed by atoms with Crippen molar-refractivity contribution in [3.63, 3.8) is 0 Å². The topological polar surface area (TPSA) is 74.6 Å². The van der Waals surface area contributed by atoms with Gasteiger partial charge in [-0.15, -0.1) is 24.8 Å². The molecule has 0 amide bonds. The summed E-state index contributed by atoms with van der Waals surface area (Å²) in [5, 5.41) is 17.6. The fraction of sp³-hybridized carbons (Fsp3) is 0.143. The van der Waals surface area contributed by atoms with Gasteiger partial charge in [0.15, 0.2) is 0 Å². The lowest BCUT2D eigenvalue weighted by Crippen LogP contribution is -2.05. The van der Waals surface area contributed by atoms with Crippen molar-refractivity contribution in [2.24, 2.45) is 0 Å². The minimum absolute atomic E-state index is 0. The van der Waals surface area contributed by atoms with Gasteiger partial charge in [-0.1, -0.05) is 30.4 Å². The molecule has 2 N–H and O–H groups in total. The Balaban J connectivity index is 0.00000180. The van der Waals surface area contributed by atoms with Crippen LogP contribution in [0.4, 0.5) is 0 Å². The number of hydrogen-bond acceptors (Lipinski definition) is 2. The van der Waals surface area contributed by atoms with Crippen LogP contribution in [0.15, 0.2) is 48.1 Å². The predicted molar refractivity (Wildman–Crippen MR) is 80.1 cm³/mol. The van der Waals surface area contributed by atoms with Crippen molar-refractivity contribution >= 4 is 36.8 Å². The molecule has 1 aliphatic carbocycles. The second kappa shape index (κ2) is 7.72. The fourth-order valence-electron chi connectivity index (χ4n) is 1.90. The smallest absolute Gasteiger partial charge is 0.335 e. The van der Waals surface area contributed by atoms with Crippen LogP contribution in [0.3, 0.4) is 0 Å². The second-order valence-corrected chi connectivity index (χ2v) is 4.09. The average Bonchev–Trinajstić information content (AvgIpc) is 2.39. The normalized spacial score (nSPS) is 16.4. The number of allylic oxidation sites excluding steroid dienone is 2. The summed E-state index contributed by atoms with van der Waals surface area (Å²) >= 11 is 0. The molecule has 0 fully saturated rings. The summed E-state index contributed by atoms with van der Waals surface area (Å²) in [7, 11) is 0. The van der Waals surface area contributed by atoms with E-state index in [-0.39, 0.29) is 36.3 Å². The third-order valence-corrected chi connectivity index (χ3v) is 2.93. The zero-order chi connectivity index (χ0) is 13.1. The molecule has 0 aliphatic heterocycles. The van der Waals surface area contributed by atoms with E-state index in [1.807, 2.05) is 6.08 Å². The van der Waals surface area contributed by atoms with Gasteiger partial charge in [0.05, 0.1) is 11.1 Å². The van der Waals surface area contributed by atoms with Gasteiger partial charge < -0.3 is 10.2 Å². The van der Waals surface area contributed by atoms with Crippen molar-refractivity contribution in [3.8, 4) is 0 Å². The molecular weight excluding hydrogens is 303 g/mol. The maximum absolute atomic E-state index is 10.7. The maximum Gasteiger partial charge on any atom is 0.335 e. The first-order valence-corrected chi connectivity index (χ1v) is 5.53. The summed E-state index contributed by atoms with van der Waals surface area (Å²) in [6.07, 6.45) is 5.71. The fourth-order valence-corrected chi connectivity index (χ4v) is 1.90. The van der Waals surface area contributed by atoms with Crippen molar-refractivity contribution in [3.05, 3.63) is 59.2 Å². The number of carboxylic acid groups (broad SMARTS) is 2. The molecule has 1 unspecified atom stereocenters. The lowest BCUT2D eigenvalue weighted by atomic mass is 9.90. The molecule has 0 aromatic heterocycles. The van der Waals surface area contributed by atoms with Crippen LogP contribution in [0, 0.1) is 0 Å². The molecule has 0 saturated heterocycles. The molecule has 0 spiro atoms. The molecule has 1 aromatic carbocycles. The van der Waals surface area contributed by atoms with Gasteiger partial charge in [-0.2, -0.15) is 0 Å².